The predicted octanol–water partition coefficient (Wildman–Crippen LogP) is -0.888. The Bertz CT molecular complexity index is 107. The van der Waals surface area contributed by atoms with Gasteiger partial charge in [0.2, 0.25) is 0 Å². The lowest BCUT2D eigenvalue weighted by atomic mass is 10.0. The largest absolute Gasteiger partial charge is 0.393 e. The summed E-state index contributed by atoms with van der Waals surface area (Å²) in [7, 11) is 5.60. The van der Waals surface area contributed by atoms with Gasteiger partial charge in [0.25, 0.3) is 0 Å². The quantitative estimate of drug-likeness (QED) is 0.396. The molecule has 0 amide bonds. The van der Waals surface area contributed by atoms with Crippen LogP contribution in [0.25, 0.3) is 0 Å². The van der Waals surface area contributed by atoms with Crippen LogP contribution in [0.3, 0.4) is 0 Å². The third-order valence-corrected chi connectivity index (χ3v) is 2.37. The van der Waals surface area contributed by atoms with E-state index < -0.39 is 0 Å². The molecule has 4 N–H and O–H groups in total. The van der Waals surface area contributed by atoms with E-state index in [1.54, 1.807) is 0 Å². The van der Waals surface area contributed by atoms with E-state index in [1.165, 1.54) is 0 Å². The molecule has 0 bridgehead atoms. The number of hydrogen-bond donors (Lipinski definition) is 4. The fraction of sp³-hybridized carbons (Fsp3) is 1.00. The number of aliphatic hydroxyl groups is 1. The molecule has 1 unspecified atom stereocenters. The Balaban J connectivity index is 4.09. The summed E-state index contributed by atoms with van der Waals surface area (Å²) in [5.41, 5.74) is -0.359. The van der Waals surface area contributed by atoms with Gasteiger partial charge in [0.05, 0.1) is 12.3 Å². The SMILES string of the molecule is CNC(C)CC(CO)(NC)NC. The molecule has 0 aliphatic carbocycles. The highest BCUT2D eigenvalue weighted by molar-refractivity contribution is 4.85. The van der Waals surface area contributed by atoms with Crippen LogP contribution in [-0.4, -0.2) is 44.6 Å². The molecule has 74 valence electrons. The van der Waals surface area contributed by atoms with E-state index in [0.29, 0.717) is 6.04 Å². The van der Waals surface area contributed by atoms with E-state index in [4.69, 9.17) is 5.11 Å². The monoisotopic (exact) mass is 175 g/mol. The molecular formula is C8H21N3O. The van der Waals surface area contributed by atoms with Gasteiger partial charge < -0.3 is 21.1 Å². The molecule has 0 spiro atoms. The molecule has 0 saturated carbocycles. The first kappa shape index (κ1) is 11.8. The van der Waals surface area contributed by atoms with E-state index in [0.717, 1.165) is 6.42 Å². The number of hydrogen-bond acceptors (Lipinski definition) is 4. The van der Waals surface area contributed by atoms with Gasteiger partial charge in [-0.2, -0.15) is 0 Å². The van der Waals surface area contributed by atoms with Gasteiger partial charge in [-0.05, 0) is 34.5 Å². The van der Waals surface area contributed by atoms with Crippen molar-refractivity contribution in [2.45, 2.75) is 25.0 Å². The Morgan fingerprint density at radius 3 is 2.00 bits per heavy atom. The minimum absolute atomic E-state index is 0.0893. The summed E-state index contributed by atoms with van der Waals surface area (Å²) < 4.78 is 0. The van der Waals surface area contributed by atoms with Gasteiger partial charge in [0.15, 0.2) is 0 Å². The smallest absolute Gasteiger partial charge is 0.0934 e. The van der Waals surface area contributed by atoms with Gasteiger partial charge in [0.1, 0.15) is 0 Å². The molecule has 0 aromatic rings. The maximum absolute atomic E-state index is 9.17. The van der Waals surface area contributed by atoms with Gasteiger partial charge >= 0.3 is 0 Å². The first-order chi connectivity index (χ1) is 5.64. The molecule has 0 aromatic carbocycles. The predicted molar refractivity (Wildman–Crippen MR) is 51.1 cm³/mol. The normalized spacial score (nSPS) is 14.8. The van der Waals surface area contributed by atoms with Crippen molar-refractivity contribution in [1.82, 2.24) is 16.0 Å². The average molecular weight is 175 g/mol. The summed E-state index contributed by atoms with van der Waals surface area (Å²) in [6, 6.07) is 0.372. The topological polar surface area (TPSA) is 56.3 Å². The summed E-state index contributed by atoms with van der Waals surface area (Å²) in [4.78, 5) is 0. The Labute approximate surface area is 74.7 Å². The molecular weight excluding hydrogens is 154 g/mol. The van der Waals surface area contributed by atoms with Gasteiger partial charge in [0, 0.05) is 6.04 Å². The standard InChI is InChI=1S/C8H21N3O/c1-7(9-2)5-8(6-12,10-3)11-4/h7,9-12H,5-6H2,1-4H3. The van der Waals surface area contributed by atoms with Crippen LogP contribution in [0.2, 0.25) is 0 Å². The third kappa shape index (κ3) is 3.06. The van der Waals surface area contributed by atoms with Crippen LogP contribution >= 0.6 is 0 Å². The molecule has 0 aromatic heterocycles. The molecule has 0 aliphatic heterocycles. The molecule has 0 radical (unpaired) electrons. The van der Waals surface area contributed by atoms with E-state index in [9.17, 15) is 0 Å². The number of nitrogens with one attached hydrogen (secondary N) is 3. The lowest BCUT2D eigenvalue weighted by Gasteiger charge is -2.33. The summed E-state index contributed by atoms with van der Waals surface area (Å²) in [6.45, 7) is 2.17. The average Bonchev–Trinajstić information content (AvgIpc) is 2.14. The first-order valence-electron chi connectivity index (χ1n) is 4.30. The summed E-state index contributed by atoms with van der Waals surface area (Å²) >= 11 is 0. The minimum atomic E-state index is -0.359. The lowest BCUT2D eigenvalue weighted by Crippen LogP contribution is -2.59. The molecule has 0 saturated heterocycles. The zero-order valence-corrected chi connectivity index (χ0v) is 8.44. The minimum Gasteiger partial charge on any atom is -0.393 e. The van der Waals surface area contributed by atoms with Crippen molar-refractivity contribution in [1.29, 1.82) is 0 Å². The van der Waals surface area contributed by atoms with Crippen molar-refractivity contribution in [2.24, 2.45) is 0 Å². The highest BCUT2D eigenvalue weighted by Crippen LogP contribution is 2.07. The number of likely N-dealkylation sites (N-methyl/N-ethyl adjacent to an activating group) is 2. The van der Waals surface area contributed by atoms with E-state index in [-0.39, 0.29) is 12.3 Å². The number of rotatable bonds is 6. The van der Waals surface area contributed by atoms with Gasteiger partial charge in [-0.3, -0.25) is 0 Å². The van der Waals surface area contributed by atoms with Gasteiger partial charge in [-0.1, -0.05) is 0 Å². The van der Waals surface area contributed by atoms with Crippen LogP contribution in [0.4, 0.5) is 0 Å². The Morgan fingerprint density at radius 1 is 1.25 bits per heavy atom. The van der Waals surface area contributed by atoms with Crippen LogP contribution in [0.15, 0.2) is 0 Å². The Hall–Kier alpha value is -0.160. The molecule has 0 rings (SSSR count). The highest BCUT2D eigenvalue weighted by atomic mass is 16.3. The second-order valence-electron chi connectivity index (χ2n) is 3.13. The second-order valence-corrected chi connectivity index (χ2v) is 3.13. The van der Waals surface area contributed by atoms with Crippen LogP contribution in [0, 0.1) is 0 Å². The molecule has 0 aliphatic rings. The van der Waals surface area contributed by atoms with Crippen LogP contribution < -0.4 is 16.0 Å². The van der Waals surface area contributed by atoms with Crippen molar-refractivity contribution < 1.29 is 5.11 Å². The van der Waals surface area contributed by atoms with Gasteiger partial charge in [-0.15, -0.1) is 0 Å². The zero-order chi connectivity index (χ0) is 9.61. The molecule has 1 atom stereocenters. The van der Waals surface area contributed by atoms with E-state index in [2.05, 4.69) is 22.9 Å². The molecule has 4 nitrogen and oxygen atoms in total. The summed E-state index contributed by atoms with van der Waals surface area (Å²) in [6.07, 6.45) is 0.840. The van der Waals surface area contributed by atoms with Crippen molar-refractivity contribution in [3.8, 4) is 0 Å². The second kappa shape index (κ2) is 5.48. The maximum Gasteiger partial charge on any atom is 0.0934 e. The van der Waals surface area contributed by atoms with Crippen molar-refractivity contribution in [2.75, 3.05) is 27.7 Å². The molecule has 4 heteroatoms. The van der Waals surface area contributed by atoms with Crippen molar-refractivity contribution in [3.63, 3.8) is 0 Å². The highest BCUT2D eigenvalue weighted by Gasteiger charge is 2.26. The number of aliphatic hydroxyl groups excluding tert-OH is 1. The van der Waals surface area contributed by atoms with Crippen LogP contribution in [0.1, 0.15) is 13.3 Å². The zero-order valence-electron chi connectivity index (χ0n) is 8.44. The Kier molecular flexibility index (Phi) is 5.41. The lowest BCUT2D eigenvalue weighted by molar-refractivity contribution is 0.126. The fourth-order valence-corrected chi connectivity index (χ4v) is 1.18. The van der Waals surface area contributed by atoms with Crippen LogP contribution in [-0.2, 0) is 0 Å². The van der Waals surface area contributed by atoms with E-state index in [1.807, 2.05) is 21.1 Å². The summed E-state index contributed by atoms with van der Waals surface area (Å²) in [5.74, 6) is 0. The molecule has 0 fully saturated rings. The van der Waals surface area contributed by atoms with Crippen molar-refractivity contribution >= 4 is 0 Å². The first-order valence-corrected chi connectivity index (χ1v) is 4.30. The Morgan fingerprint density at radius 2 is 1.75 bits per heavy atom. The molecule has 12 heavy (non-hydrogen) atoms. The fourth-order valence-electron chi connectivity index (χ4n) is 1.18. The summed E-state index contributed by atoms with van der Waals surface area (Å²) in [5, 5.41) is 18.5. The molecule has 0 heterocycles. The van der Waals surface area contributed by atoms with Crippen molar-refractivity contribution in [3.05, 3.63) is 0 Å². The maximum atomic E-state index is 9.17. The van der Waals surface area contributed by atoms with Gasteiger partial charge in [-0.25, -0.2) is 0 Å². The van der Waals surface area contributed by atoms with E-state index >= 15 is 0 Å². The third-order valence-electron chi connectivity index (χ3n) is 2.37. The van der Waals surface area contributed by atoms with Crippen LogP contribution in [0.5, 0.6) is 0 Å².